The van der Waals surface area contributed by atoms with Crippen LogP contribution in [0.25, 0.3) is 0 Å². The van der Waals surface area contributed by atoms with E-state index in [2.05, 4.69) is 16.0 Å². The Morgan fingerprint density at radius 2 is 2.03 bits per heavy atom. The molecule has 3 atom stereocenters. The van der Waals surface area contributed by atoms with Crippen LogP contribution >= 0.6 is 11.8 Å². The van der Waals surface area contributed by atoms with Crippen LogP contribution in [0.5, 0.6) is 11.5 Å². The molecule has 8 heteroatoms. The Bertz CT molecular complexity index is 1060. The van der Waals surface area contributed by atoms with Gasteiger partial charge in [0.2, 0.25) is 0 Å². The first-order valence-electron chi connectivity index (χ1n) is 10.9. The van der Waals surface area contributed by atoms with Crippen LogP contribution in [0.1, 0.15) is 61.4 Å². The number of ether oxygens (including phenoxy) is 3. The third-order valence-electron chi connectivity index (χ3n) is 6.08. The molecule has 0 spiro atoms. The molecule has 32 heavy (non-hydrogen) atoms. The number of fused-ring (bicyclic) bond motifs is 3. The number of methoxy groups -OCH3 is 1. The normalized spacial score (nSPS) is 21.8. The van der Waals surface area contributed by atoms with E-state index in [0.717, 1.165) is 52.5 Å². The Balaban J connectivity index is 1.84. The molecule has 2 aliphatic rings. The van der Waals surface area contributed by atoms with E-state index in [1.165, 1.54) is 18.7 Å². The molecule has 2 heterocycles. The minimum atomic E-state index is -0.236. The number of aliphatic imine (C=N–C) groups is 1. The summed E-state index contributed by atoms with van der Waals surface area (Å²) < 4.78 is 17.1. The molecular weight excluding hydrogens is 426 g/mol. The number of benzene rings is 1. The number of esters is 1. The van der Waals surface area contributed by atoms with Gasteiger partial charge in [0.25, 0.3) is 0 Å². The first kappa shape index (κ1) is 22.6. The second kappa shape index (κ2) is 9.48. The van der Waals surface area contributed by atoms with E-state index in [-0.39, 0.29) is 24.0 Å². The van der Waals surface area contributed by atoms with Crippen molar-refractivity contribution in [2.24, 2.45) is 4.99 Å². The summed E-state index contributed by atoms with van der Waals surface area (Å²) in [6.45, 7) is 5.97. The summed E-state index contributed by atoms with van der Waals surface area (Å²) in [5.41, 5.74) is 4.86. The fourth-order valence-electron chi connectivity index (χ4n) is 4.69. The summed E-state index contributed by atoms with van der Waals surface area (Å²) in [5.74, 6) is 1.29. The van der Waals surface area contributed by atoms with Crippen molar-refractivity contribution in [2.45, 2.75) is 63.3 Å². The number of nitrogens with zero attached hydrogens (tertiary/aromatic N) is 3. The molecule has 1 aromatic carbocycles. The molecule has 1 aliphatic carbocycles. The Morgan fingerprint density at radius 3 is 2.69 bits per heavy atom. The van der Waals surface area contributed by atoms with Crippen LogP contribution < -0.4 is 9.47 Å². The second-order valence-corrected chi connectivity index (χ2v) is 8.85. The monoisotopic (exact) mass is 455 g/mol. The lowest BCUT2D eigenvalue weighted by molar-refractivity contribution is -0.148. The lowest BCUT2D eigenvalue weighted by Crippen LogP contribution is -2.36. The smallest absolute Gasteiger partial charge is 0.302 e. The topological polar surface area (TPSA) is 82.9 Å². The van der Waals surface area contributed by atoms with E-state index < -0.39 is 0 Å². The SMILES string of the molecule is CCOc1cc2c(cc1OC)C(c1cnc(SC)nc1C)=N[C@@H]1CC[C@@H](OC(C)=O)C[C@H]21. The molecular formula is C24H29N3O4S. The van der Waals surface area contributed by atoms with Crippen LogP contribution in [0.3, 0.4) is 0 Å². The Kier molecular flexibility index (Phi) is 6.69. The van der Waals surface area contributed by atoms with Gasteiger partial charge in [-0.1, -0.05) is 11.8 Å². The number of hydrogen-bond acceptors (Lipinski definition) is 8. The van der Waals surface area contributed by atoms with Crippen LogP contribution in [-0.2, 0) is 9.53 Å². The van der Waals surface area contributed by atoms with E-state index >= 15 is 0 Å². The zero-order chi connectivity index (χ0) is 22.8. The van der Waals surface area contributed by atoms with E-state index in [0.29, 0.717) is 18.1 Å². The van der Waals surface area contributed by atoms with Gasteiger partial charge in [0.15, 0.2) is 16.7 Å². The average molecular weight is 456 g/mol. The van der Waals surface area contributed by atoms with Crippen LogP contribution in [0.4, 0.5) is 0 Å². The predicted molar refractivity (Wildman–Crippen MR) is 124 cm³/mol. The Labute approximate surface area is 193 Å². The lowest BCUT2D eigenvalue weighted by atomic mass is 9.74. The molecule has 170 valence electrons. The lowest BCUT2D eigenvalue weighted by Gasteiger charge is -2.38. The van der Waals surface area contributed by atoms with Crippen molar-refractivity contribution in [3.8, 4) is 11.5 Å². The summed E-state index contributed by atoms with van der Waals surface area (Å²) in [6, 6.07) is 4.19. The van der Waals surface area contributed by atoms with Crippen molar-refractivity contribution < 1.29 is 19.0 Å². The largest absolute Gasteiger partial charge is 0.493 e. The molecule has 1 aliphatic heterocycles. The molecule has 2 aromatic rings. The zero-order valence-corrected chi connectivity index (χ0v) is 20.0. The summed E-state index contributed by atoms with van der Waals surface area (Å²) in [6.07, 6.45) is 6.14. The maximum Gasteiger partial charge on any atom is 0.302 e. The van der Waals surface area contributed by atoms with Gasteiger partial charge in [-0.25, -0.2) is 9.97 Å². The van der Waals surface area contributed by atoms with Gasteiger partial charge in [-0.15, -0.1) is 0 Å². The molecule has 0 radical (unpaired) electrons. The molecule has 4 rings (SSSR count). The number of carbonyl (C=O) groups is 1. The van der Waals surface area contributed by atoms with E-state index in [1.54, 1.807) is 7.11 Å². The van der Waals surface area contributed by atoms with Gasteiger partial charge < -0.3 is 14.2 Å². The molecule has 0 saturated heterocycles. The van der Waals surface area contributed by atoms with Gasteiger partial charge >= 0.3 is 5.97 Å². The maximum atomic E-state index is 11.6. The number of rotatable bonds is 6. The van der Waals surface area contributed by atoms with Crippen molar-refractivity contribution in [3.63, 3.8) is 0 Å². The second-order valence-electron chi connectivity index (χ2n) is 8.08. The highest BCUT2D eigenvalue weighted by molar-refractivity contribution is 7.98. The quantitative estimate of drug-likeness (QED) is 0.364. The van der Waals surface area contributed by atoms with Crippen LogP contribution in [-0.4, -0.2) is 53.8 Å². The van der Waals surface area contributed by atoms with Gasteiger partial charge in [-0.3, -0.25) is 9.79 Å². The highest BCUT2D eigenvalue weighted by atomic mass is 32.2. The van der Waals surface area contributed by atoms with Crippen LogP contribution in [0, 0.1) is 6.92 Å². The third kappa shape index (κ3) is 4.33. The van der Waals surface area contributed by atoms with Gasteiger partial charge in [0.1, 0.15) is 6.10 Å². The number of carbonyl (C=O) groups excluding carboxylic acids is 1. The molecule has 0 bridgehead atoms. The van der Waals surface area contributed by atoms with E-state index in [9.17, 15) is 4.79 Å². The maximum absolute atomic E-state index is 11.6. The number of thioether (sulfide) groups is 1. The first-order chi connectivity index (χ1) is 15.4. The van der Waals surface area contributed by atoms with Crippen molar-refractivity contribution in [1.82, 2.24) is 9.97 Å². The van der Waals surface area contributed by atoms with Crippen LogP contribution in [0.2, 0.25) is 0 Å². The third-order valence-corrected chi connectivity index (χ3v) is 6.64. The molecule has 1 aromatic heterocycles. The number of hydrogen-bond donors (Lipinski definition) is 0. The molecule has 0 unspecified atom stereocenters. The van der Waals surface area contributed by atoms with Crippen molar-refractivity contribution >= 4 is 23.4 Å². The highest BCUT2D eigenvalue weighted by Crippen LogP contribution is 2.45. The molecule has 0 N–H and O–H groups in total. The summed E-state index contributed by atoms with van der Waals surface area (Å²) in [5, 5.41) is 0.743. The Morgan fingerprint density at radius 1 is 1.22 bits per heavy atom. The molecule has 7 nitrogen and oxygen atoms in total. The average Bonchev–Trinajstić information content (AvgIpc) is 2.78. The standard InChI is InChI=1S/C24H29N3O4S/c1-6-30-22-10-16-17-9-15(31-14(3)28)7-8-20(17)27-23(18(16)11-21(22)29-4)19-12-25-24(32-5)26-13(19)2/h10-12,15,17,20H,6-9H2,1-5H3/t15-,17-,20-/m1/s1. The Hall–Kier alpha value is -2.61. The minimum Gasteiger partial charge on any atom is -0.493 e. The molecule has 1 saturated carbocycles. The zero-order valence-electron chi connectivity index (χ0n) is 19.2. The molecule has 0 amide bonds. The van der Waals surface area contributed by atoms with Gasteiger partial charge in [0.05, 0.1) is 31.2 Å². The van der Waals surface area contributed by atoms with Gasteiger partial charge in [-0.2, -0.15) is 0 Å². The fourth-order valence-corrected chi connectivity index (χ4v) is 5.07. The van der Waals surface area contributed by atoms with E-state index in [1.807, 2.05) is 32.4 Å². The summed E-state index contributed by atoms with van der Waals surface area (Å²) >= 11 is 1.52. The first-order valence-corrected chi connectivity index (χ1v) is 12.2. The summed E-state index contributed by atoms with van der Waals surface area (Å²) in [4.78, 5) is 25.9. The number of aromatic nitrogens is 2. The minimum absolute atomic E-state index is 0.0954. The van der Waals surface area contributed by atoms with E-state index in [4.69, 9.17) is 19.2 Å². The predicted octanol–water partition coefficient (Wildman–Crippen LogP) is 4.33. The van der Waals surface area contributed by atoms with Crippen molar-refractivity contribution in [2.75, 3.05) is 20.0 Å². The highest BCUT2D eigenvalue weighted by Gasteiger charge is 2.39. The summed E-state index contributed by atoms with van der Waals surface area (Å²) in [7, 11) is 1.64. The van der Waals surface area contributed by atoms with Crippen LogP contribution in [0.15, 0.2) is 28.5 Å². The van der Waals surface area contributed by atoms with Gasteiger partial charge in [-0.05, 0) is 57.1 Å². The fraction of sp³-hybridized carbons (Fsp3) is 0.500. The van der Waals surface area contributed by atoms with Crippen molar-refractivity contribution in [1.29, 1.82) is 0 Å². The van der Waals surface area contributed by atoms with Gasteiger partial charge in [0, 0.05) is 30.2 Å². The van der Waals surface area contributed by atoms with Crippen molar-refractivity contribution in [3.05, 3.63) is 40.7 Å². The number of aryl methyl sites for hydroxylation is 1. The molecule has 1 fully saturated rings.